The number of nitrogens with zero attached hydrogens (tertiary/aromatic N) is 1. The van der Waals surface area contributed by atoms with Crippen molar-refractivity contribution in [2.45, 2.75) is 44.6 Å². The van der Waals surface area contributed by atoms with Crippen molar-refractivity contribution < 1.29 is 28.3 Å². The molecule has 3 rings (SSSR count). The van der Waals surface area contributed by atoms with Crippen LogP contribution in [0, 0.1) is 11.7 Å². The van der Waals surface area contributed by atoms with Crippen LogP contribution in [0.5, 0.6) is 0 Å². The molecule has 1 aliphatic heterocycles. The number of rotatable bonds is 5. The number of carbonyl (C=O) groups excluding carboxylic acids is 4. The predicted molar refractivity (Wildman–Crippen MR) is 94.9 cm³/mol. The Morgan fingerprint density at radius 2 is 1.89 bits per heavy atom. The molecule has 28 heavy (non-hydrogen) atoms. The highest BCUT2D eigenvalue weighted by Crippen LogP contribution is 2.35. The Kier molecular flexibility index (Phi) is 5.62. The van der Waals surface area contributed by atoms with E-state index in [-0.39, 0.29) is 6.42 Å². The molecule has 1 saturated heterocycles. The van der Waals surface area contributed by atoms with Gasteiger partial charge in [-0.2, -0.15) is 5.01 Å². The zero-order valence-electron chi connectivity index (χ0n) is 15.5. The first-order chi connectivity index (χ1) is 13.3. The zero-order valence-corrected chi connectivity index (χ0v) is 15.5. The van der Waals surface area contributed by atoms with Gasteiger partial charge in [0.05, 0.1) is 6.42 Å². The molecule has 1 saturated carbocycles. The summed E-state index contributed by atoms with van der Waals surface area (Å²) in [7, 11) is 0. The van der Waals surface area contributed by atoms with Crippen LogP contribution in [0.2, 0.25) is 0 Å². The highest BCUT2D eigenvalue weighted by molar-refractivity contribution is 6.08. The SMILES string of the molecule is CC1CCC2(CC1)NC(=O)N(NC(=O)COC(=O)Cc1ccc(F)cc1)C2=O. The topological polar surface area (TPSA) is 105 Å². The van der Waals surface area contributed by atoms with E-state index in [1.54, 1.807) is 0 Å². The number of nitrogens with one attached hydrogen (secondary N) is 2. The van der Waals surface area contributed by atoms with Gasteiger partial charge in [0.15, 0.2) is 6.61 Å². The van der Waals surface area contributed by atoms with Crippen molar-refractivity contribution >= 4 is 23.8 Å². The summed E-state index contributed by atoms with van der Waals surface area (Å²) in [6.45, 7) is 1.45. The van der Waals surface area contributed by atoms with Crippen LogP contribution in [0.15, 0.2) is 24.3 Å². The number of urea groups is 1. The van der Waals surface area contributed by atoms with Crippen LogP contribution in [0.1, 0.15) is 38.2 Å². The summed E-state index contributed by atoms with van der Waals surface area (Å²) in [4.78, 5) is 48.5. The fourth-order valence-corrected chi connectivity index (χ4v) is 3.44. The van der Waals surface area contributed by atoms with Crippen molar-refractivity contribution in [3.8, 4) is 0 Å². The van der Waals surface area contributed by atoms with Crippen molar-refractivity contribution in [2.24, 2.45) is 5.92 Å². The molecule has 2 N–H and O–H groups in total. The number of imide groups is 1. The molecule has 0 radical (unpaired) electrons. The fraction of sp³-hybridized carbons (Fsp3) is 0.474. The van der Waals surface area contributed by atoms with Gasteiger partial charge in [0, 0.05) is 0 Å². The molecule has 9 heteroatoms. The summed E-state index contributed by atoms with van der Waals surface area (Å²) in [6, 6.07) is 4.62. The lowest BCUT2D eigenvalue weighted by Gasteiger charge is -2.33. The molecule has 1 spiro atoms. The largest absolute Gasteiger partial charge is 0.455 e. The molecule has 1 aliphatic carbocycles. The normalized spacial score (nSPS) is 24.2. The highest BCUT2D eigenvalue weighted by Gasteiger charge is 2.52. The Hall–Kier alpha value is -2.97. The number of carbonyl (C=O) groups is 4. The van der Waals surface area contributed by atoms with Gasteiger partial charge in [0.25, 0.3) is 11.8 Å². The van der Waals surface area contributed by atoms with Gasteiger partial charge in [-0.05, 0) is 49.3 Å². The average Bonchev–Trinajstić information content (AvgIpc) is 2.89. The van der Waals surface area contributed by atoms with Crippen LogP contribution < -0.4 is 10.7 Å². The Balaban J connectivity index is 1.49. The molecule has 0 unspecified atom stereocenters. The quantitative estimate of drug-likeness (QED) is 0.584. The summed E-state index contributed by atoms with van der Waals surface area (Å²) in [5, 5.41) is 3.34. The summed E-state index contributed by atoms with van der Waals surface area (Å²) >= 11 is 0. The van der Waals surface area contributed by atoms with E-state index in [0.717, 1.165) is 12.8 Å². The molecular formula is C19H22FN3O5. The van der Waals surface area contributed by atoms with Gasteiger partial charge >= 0.3 is 12.0 Å². The van der Waals surface area contributed by atoms with Crippen LogP contribution in [0.3, 0.4) is 0 Å². The lowest BCUT2D eigenvalue weighted by molar-refractivity contribution is -0.150. The van der Waals surface area contributed by atoms with Crippen molar-refractivity contribution in [2.75, 3.05) is 6.61 Å². The highest BCUT2D eigenvalue weighted by atomic mass is 19.1. The molecule has 0 aromatic heterocycles. The number of ether oxygens (including phenoxy) is 1. The second-order valence-electron chi connectivity index (χ2n) is 7.33. The number of hydrazine groups is 1. The second kappa shape index (κ2) is 7.95. The Bertz CT molecular complexity index is 787. The van der Waals surface area contributed by atoms with E-state index in [2.05, 4.69) is 17.7 Å². The van der Waals surface area contributed by atoms with Crippen molar-refractivity contribution in [1.29, 1.82) is 0 Å². The summed E-state index contributed by atoms with van der Waals surface area (Å²) in [6.07, 6.45) is 2.55. The van der Waals surface area contributed by atoms with Gasteiger partial charge in [-0.15, -0.1) is 0 Å². The number of halogens is 1. The average molecular weight is 391 g/mol. The number of benzene rings is 1. The van der Waals surface area contributed by atoms with Gasteiger partial charge in [0.1, 0.15) is 11.4 Å². The smallest absolute Gasteiger partial charge is 0.344 e. The van der Waals surface area contributed by atoms with Gasteiger partial charge in [-0.25, -0.2) is 9.18 Å². The third kappa shape index (κ3) is 4.29. The van der Waals surface area contributed by atoms with E-state index >= 15 is 0 Å². The molecule has 0 bridgehead atoms. The molecule has 0 atom stereocenters. The minimum atomic E-state index is -0.962. The summed E-state index contributed by atoms with van der Waals surface area (Å²) in [5.41, 5.74) is 1.77. The molecular weight excluding hydrogens is 369 g/mol. The Morgan fingerprint density at radius 1 is 1.25 bits per heavy atom. The summed E-state index contributed by atoms with van der Waals surface area (Å²) in [5.74, 6) is -1.90. The lowest BCUT2D eigenvalue weighted by atomic mass is 9.77. The monoisotopic (exact) mass is 391 g/mol. The lowest BCUT2D eigenvalue weighted by Crippen LogP contribution is -2.52. The van der Waals surface area contributed by atoms with E-state index in [1.165, 1.54) is 24.3 Å². The molecule has 8 nitrogen and oxygen atoms in total. The third-order valence-corrected chi connectivity index (χ3v) is 5.15. The summed E-state index contributed by atoms with van der Waals surface area (Å²) < 4.78 is 17.7. The van der Waals surface area contributed by atoms with Crippen molar-refractivity contribution in [3.05, 3.63) is 35.6 Å². The first-order valence-electron chi connectivity index (χ1n) is 9.15. The van der Waals surface area contributed by atoms with Gasteiger partial charge in [-0.3, -0.25) is 19.8 Å². The maximum Gasteiger partial charge on any atom is 0.344 e. The predicted octanol–water partition coefficient (Wildman–Crippen LogP) is 1.44. The van der Waals surface area contributed by atoms with Crippen LogP contribution >= 0.6 is 0 Å². The molecule has 150 valence electrons. The van der Waals surface area contributed by atoms with E-state index < -0.39 is 41.8 Å². The van der Waals surface area contributed by atoms with E-state index in [9.17, 15) is 23.6 Å². The Morgan fingerprint density at radius 3 is 2.54 bits per heavy atom. The van der Waals surface area contributed by atoms with Crippen LogP contribution in [0.4, 0.5) is 9.18 Å². The van der Waals surface area contributed by atoms with E-state index in [0.29, 0.717) is 29.3 Å². The Labute approximate surface area is 161 Å². The second-order valence-corrected chi connectivity index (χ2v) is 7.33. The molecule has 1 aromatic rings. The first-order valence-corrected chi connectivity index (χ1v) is 9.15. The number of amides is 4. The van der Waals surface area contributed by atoms with E-state index in [1.807, 2.05) is 0 Å². The molecule has 1 heterocycles. The zero-order chi connectivity index (χ0) is 20.3. The van der Waals surface area contributed by atoms with Crippen LogP contribution in [-0.4, -0.2) is 41.0 Å². The van der Waals surface area contributed by atoms with Crippen LogP contribution in [-0.2, 0) is 25.5 Å². The maximum atomic E-state index is 12.9. The van der Waals surface area contributed by atoms with Gasteiger partial charge < -0.3 is 10.1 Å². The molecule has 4 amide bonds. The first kappa shape index (κ1) is 19.8. The fourth-order valence-electron chi connectivity index (χ4n) is 3.44. The number of esters is 1. The van der Waals surface area contributed by atoms with Crippen molar-refractivity contribution in [3.63, 3.8) is 0 Å². The van der Waals surface area contributed by atoms with Crippen LogP contribution in [0.25, 0.3) is 0 Å². The molecule has 2 fully saturated rings. The molecule has 2 aliphatic rings. The third-order valence-electron chi connectivity index (χ3n) is 5.15. The minimum Gasteiger partial charge on any atom is -0.455 e. The van der Waals surface area contributed by atoms with Gasteiger partial charge in [-0.1, -0.05) is 19.1 Å². The number of hydrogen-bond donors (Lipinski definition) is 2. The standard InChI is InChI=1S/C19H22FN3O5/c1-12-6-8-19(9-7-12)17(26)23(18(27)21-19)22-15(24)11-28-16(25)10-13-2-4-14(20)5-3-13/h2-5,12H,6-11H2,1H3,(H,21,27)(H,22,24). The minimum absolute atomic E-state index is 0.127. The van der Waals surface area contributed by atoms with E-state index in [4.69, 9.17) is 4.74 Å². The van der Waals surface area contributed by atoms with Gasteiger partial charge in [0.2, 0.25) is 0 Å². The maximum absolute atomic E-state index is 12.9. The molecule has 1 aromatic carbocycles. The number of hydrogen-bond acceptors (Lipinski definition) is 5. The van der Waals surface area contributed by atoms with Crippen molar-refractivity contribution in [1.82, 2.24) is 15.8 Å².